The van der Waals surface area contributed by atoms with Crippen molar-refractivity contribution in [2.24, 2.45) is 5.41 Å². The predicted octanol–water partition coefficient (Wildman–Crippen LogP) is -0.127. The fourth-order valence-electron chi connectivity index (χ4n) is 4.35. The summed E-state index contributed by atoms with van der Waals surface area (Å²) in [6, 6.07) is 10.8. The summed E-state index contributed by atoms with van der Waals surface area (Å²) in [5.41, 5.74) is 9.02. The number of imidazole rings is 1. The van der Waals surface area contributed by atoms with Gasteiger partial charge in [0.1, 0.15) is 13.9 Å². The summed E-state index contributed by atoms with van der Waals surface area (Å²) in [6.07, 6.45) is 4.77. The quantitative estimate of drug-likeness (QED) is 0.609. The Morgan fingerprint density at radius 1 is 1.32 bits per heavy atom. The van der Waals surface area contributed by atoms with Gasteiger partial charge in [0.25, 0.3) is 0 Å². The third kappa shape index (κ3) is 2.21. The van der Waals surface area contributed by atoms with Crippen LogP contribution in [0.15, 0.2) is 18.3 Å². The van der Waals surface area contributed by atoms with Gasteiger partial charge in [0, 0.05) is 41.4 Å². The second-order valence-corrected chi connectivity index (χ2v) is 7.14. The van der Waals surface area contributed by atoms with Gasteiger partial charge >= 0.3 is 0 Å². The van der Waals surface area contributed by atoms with E-state index in [1.165, 1.54) is 17.3 Å². The van der Waals surface area contributed by atoms with Crippen LogP contribution in [0.2, 0.25) is 0 Å². The lowest BCUT2D eigenvalue weighted by atomic mass is 9.73. The number of rotatable bonds is 1. The average Bonchev–Trinajstić information content (AvgIpc) is 3.16. The number of quaternary nitrogens is 1. The second-order valence-electron chi connectivity index (χ2n) is 7.14. The SMILES string of the molecule is [B]c1cnc2nc(N3CCC4(CC3)Cc3c#cccc3[C@H]4[NH3+])[nH]c2n1. The number of nitrogens with zero attached hydrogens (tertiary/aromatic N) is 4. The molecule has 1 saturated heterocycles. The molecule has 122 valence electrons. The van der Waals surface area contributed by atoms with E-state index in [9.17, 15) is 0 Å². The number of hydrogen-bond donors (Lipinski definition) is 2. The smallest absolute Gasteiger partial charge is 0.206 e. The fraction of sp³-hybridized carbons (Fsp3) is 0.389. The minimum Gasteiger partial charge on any atom is -0.351 e. The van der Waals surface area contributed by atoms with Gasteiger partial charge in [0.05, 0.1) is 0 Å². The molecule has 3 heterocycles. The molecule has 0 unspecified atom stereocenters. The fourth-order valence-corrected chi connectivity index (χ4v) is 4.35. The third-order valence-corrected chi connectivity index (χ3v) is 5.83. The van der Waals surface area contributed by atoms with Crippen molar-refractivity contribution in [3.05, 3.63) is 41.6 Å². The highest BCUT2D eigenvalue weighted by Crippen LogP contribution is 2.49. The Kier molecular flexibility index (Phi) is 3.07. The second kappa shape index (κ2) is 5.20. The first-order valence-electron chi connectivity index (χ1n) is 8.62. The molecule has 1 spiro atoms. The van der Waals surface area contributed by atoms with Crippen LogP contribution < -0.4 is 16.2 Å². The van der Waals surface area contributed by atoms with Gasteiger partial charge in [-0.15, -0.1) is 0 Å². The van der Waals surface area contributed by atoms with Gasteiger partial charge in [-0.1, -0.05) is 12.1 Å². The Hall–Kier alpha value is -2.59. The lowest BCUT2D eigenvalue weighted by Gasteiger charge is -2.40. The van der Waals surface area contributed by atoms with Crippen molar-refractivity contribution in [3.8, 4) is 0 Å². The van der Waals surface area contributed by atoms with E-state index in [1.807, 2.05) is 6.07 Å². The zero-order chi connectivity index (χ0) is 17.0. The lowest BCUT2D eigenvalue weighted by Crippen LogP contribution is -2.61. The van der Waals surface area contributed by atoms with Gasteiger partial charge < -0.3 is 15.6 Å². The predicted molar refractivity (Wildman–Crippen MR) is 94.4 cm³/mol. The molecule has 2 aliphatic rings. The summed E-state index contributed by atoms with van der Waals surface area (Å²) in [5, 5.41) is 0. The largest absolute Gasteiger partial charge is 0.351 e. The Morgan fingerprint density at radius 2 is 2.16 bits per heavy atom. The maximum Gasteiger partial charge on any atom is 0.206 e. The molecule has 1 aliphatic heterocycles. The summed E-state index contributed by atoms with van der Waals surface area (Å²) in [5.74, 6) is 0.825. The average molecular weight is 329 g/mol. The van der Waals surface area contributed by atoms with Crippen molar-refractivity contribution in [1.29, 1.82) is 0 Å². The van der Waals surface area contributed by atoms with Crippen molar-refractivity contribution < 1.29 is 5.73 Å². The molecule has 1 aromatic carbocycles. The first kappa shape index (κ1) is 14.7. The lowest BCUT2D eigenvalue weighted by molar-refractivity contribution is -0.453. The van der Waals surface area contributed by atoms with Crippen LogP contribution in [0.5, 0.6) is 0 Å². The van der Waals surface area contributed by atoms with Crippen LogP contribution in [0.1, 0.15) is 30.0 Å². The number of anilines is 1. The van der Waals surface area contributed by atoms with Gasteiger partial charge in [-0.3, -0.25) is 0 Å². The highest BCUT2D eigenvalue weighted by atomic mass is 15.3. The molecule has 2 radical (unpaired) electrons. The molecule has 0 saturated carbocycles. The number of aromatic amines is 1. The Balaban J connectivity index is 1.38. The molecule has 2 aromatic heterocycles. The Labute approximate surface area is 147 Å². The maximum atomic E-state index is 5.70. The minimum atomic E-state index is 0.234. The van der Waals surface area contributed by atoms with E-state index >= 15 is 0 Å². The van der Waals surface area contributed by atoms with E-state index in [0.29, 0.717) is 22.9 Å². The normalized spacial score (nSPS) is 21.5. The molecule has 0 amide bonds. The summed E-state index contributed by atoms with van der Waals surface area (Å²) < 4.78 is 0. The van der Waals surface area contributed by atoms with Crippen LogP contribution in [-0.4, -0.2) is 40.9 Å². The molecule has 5 rings (SSSR count). The van der Waals surface area contributed by atoms with Crippen molar-refractivity contribution in [3.63, 3.8) is 0 Å². The molecule has 7 heteroatoms. The number of hydrogen-bond acceptors (Lipinski definition) is 4. The zero-order valence-electron chi connectivity index (χ0n) is 13.9. The highest BCUT2D eigenvalue weighted by Gasteiger charge is 2.48. The van der Waals surface area contributed by atoms with Crippen molar-refractivity contribution in [2.45, 2.75) is 25.3 Å². The van der Waals surface area contributed by atoms with E-state index < -0.39 is 0 Å². The number of nitrogens with one attached hydrogen (secondary N) is 1. The number of H-pyrrole nitrogens is 1. The molecule has 3 aromatic rings. The molecule has 1 atom stereocenters. The molecule has 1 fully saturated rings. The Morgan fingerprint density at radius 3 is 2.96 bits per heavy atom. The third-order valence-electron chi connectivity index (χ3n) is 5.83. The van der Waals surface area contributed by atoms with Gasteiger partial charge in [0.15, 0.2) is 11.3 Å². The topological polar surface area (TPSA) is 85.3 Å². The molecule has 0 bridgehead atoms. The Bertz CT molecular complexity index is 944. The van der Waals surface area contributed by atoms with Crippen LogP contribution in [0.4, 0.5) is 5.95 Å². The maximum absolute atomic E-state index is 5.70. The standard InChI is InChI=1S/C18H17BN6/c19-13-10-21-15-16(22-13)24-17(23-15)25-7-5-18(6-8-25)9-11-3-1-2-4-12(11)14(18)20/h2,4,10,14H,5-9,20H2,(H,21,22,23,24)/p+1/t14-/m1/s1. The van der Waals surface area contributed by atoms with Crippen LogP contribution in [-0.2, 0) is 6.42 Å². The first-order chi connectivity index (χ1) is 12.1. The molecule has 25 heavy (non-hydrogen) atoms. The molecule has 4 N–H and O–H groups in total. The summed E-state index contributed by atoms with van der Waals surface area (Å²) in [6.45, 7) is 1.89. The molecule has 6 nitrogen and oxygen atoms in total. The summed E-state index contributed by atoms with van der Waals surface area (Å²) in [4.78, 5) is 18.6. The van der Waals surface area contributed by atoms with E-state index in [4.69, 9.17) is 7.85 Å². The molecular weight excluding hydrogens is 311 g/mol. The van der Waals surface area contributed by atoms with Gasteiger partial charge in [-0.2, -0.15) is 4.98 Å². The van der Waals surface area contributed by atoms with Gasteiger partial charge in [0.2, 0.25) is 5.95 Å². The van der Waals surface area contributed by atoms with E-state index in [1.54, 1.807) is 0 Å². The summed E-state index contributed by atoms with van der Waals surface area (Å²) in [7, 11) is 5.70. The van der Waals surface area contributed by atoms with Gasteiger partial charge in [-0.05, 0) is 31.4 Å². The van der Waals surface area contributed by atoms with Crippen LogP contribution >= 0.6 is 0 Å². The number of piperidine rings is 1. The van der Waals surface area contributed by atoms with Crippen molar-refractivity contribution in [2.75, 3.05) is 18.0 Å². The van der Waals surface area contributed by atoms with E-state index in [0.717, 1.165) is 38.3 Å². The number of aromatic nitrogens is 4. The van der Waals surface area contributed by atoms with E-state index in [2.05, 4.69) is 48.8 Å². The minimum absolute atomic E-state index is 0.234. The van der Waals surface area contributed by atoms with Crippen LogP contribution in [0.25, 0.3) is 11.3 Å². The van der Waals surface area contributed by atoms with Crippen molar-refractivity contribution in [1.82, 2.24) is 19.9 Å². The monoisotopic (exact) mass is 329 g/mol. The van der Waals surface area contributed by atoms with Crippen LogP contribution in [0.3, 0.4) is 0 Å². The molecular formula is C18H18BN6+. The van der Waals surface area contributed by atoms with Gasteiger partial charge in [-0.25, -0.2) is 9.97 Å². The molecule has 1 aliphatic carbocycles. The van der Waals surface area contributed by atoms with E-state index in [-0.39, 0.29) is 5.41 Å². The zero-order valence-corrected chi connectivity index (χ0v) is 13.9. The number of fused-ring (bicyclic) bond motifs is 2. The summed E-state index contributed by atoms with van der Waals surface area (Å²) >= 11 is 0. The van der Waals surface area contributed by atoms with Crippen molar-refractivity contribution >= 4 is 30.7 Å². The first-order valence-corrected chi connectivity index (χ1v) is 8.62. The highest BCUT2D eigenvalue weighted by molar-refractivity contribution is 6.30. The van der Waals surface area contributed by atoms with Crippen LogP contribution in [0, 0.1) is 17.5 Å².